The second-order valence-corrected chi connectivity index (χ2v) is 7.79. The number of aromatic nitrogens is 1. The number of para-hydroxylation sites is 1. The molecule has 2 aliphatic rings. The number of allylic oxidation sites excluding steroid dienone is 1. The maximum absolute atomic E-state index is 14.7. The van der Waals surface area contributed by atoms with Crippen LogP contribution in [0.1, 0.15) is 24.8 Å². The number of halogens is 1. The van der Waals surface area contributed by atoms with E-state index in [1.54, 1.807) is 25.4 Å². The molecule has 1 amide bonds. The highest BCUT2D eigenvalue weighted by Crippen LogP contribution is 2.33. The highest BCUT2D eigenvalue weighted by Gasteiger charge is 2.25. The minimum atomic E-state index is -0.340. The smallest absolute Gasteiger partial charge is 0.270 e. The van der Waals surface area contributed by atoms with Crippen molar-refractivity contribution < 1.29 is 9.18 Å². The molecule has 1 aromatic heterocycles. The summed E-state index contributed by atoms with van der Waals surface area (Å²) in [7, 11) is 1.80. The molecule has 1 aromatic carbocycles. The summed E-state index contributed by atoms with van der Waals surface area (Å²) < 4.78 is 14.7. The van der Waals surface area contributed by atoms with Gasteiger partial charge in [0.15, 0.2) is 0 Å². The lowest BCUT2D eigenvalue weighted by molar-refractivity contribution is -0.110. The summed E-state index contributed by atoms with van der Waals surface area (Å²) in [6.45, 7) is 2.08. The lowest BCUT2D eigenvalue weighted by Gasteiger charge is -2.34. The van der Waals surface area contributed by atoms with Gasteiger partial charge in [-0.25, -0.2) is 14.4 Å². The van der Waals surface area contributed by atoms with E-state index in [2.05, 4.69) is 20.6 Å². The van der Waals surface area contributed by atoms with Crippen LogP contribution in [0.5, 0.6) is 0 Å². The summed E-state index contributed by atoms with van der Waals surface area (Å²) in [5, 5.41) is 5.87. The topological polar surface area (TPSA) is 95.6 Å². The van der Waals surface area contributed by atoms with E-state index < -0.39 is 0 Å². The minimum absolute atomic E-state index is 0.321. The number of rotatable bonds is 6. The molecule has 162 valence electrons. The van der Waals surface area contributed by atoms with Gasteiger partial charge in [0.05, 0.1) is 17.1 Å². The zero-order valence-corrected chi connectivity index (χ0v) is 17.6. The molecular weight excluding hydrogens is 395 g/mol. The van der Waals surface area contributed by atoms with Crippen LogP contribution in [0.25, 0.3) is 5.70 Å². The van der Waals surface area contributed by atoms with Gasteiger partial charge >= 0.3 is 0 Å². The first-order valence-corrected chi connectivity index (χ1v) is 10.6. The van der Waals surface area contributed by atoms with E-state index in [1.807, 2.05) is 23.1 Å². The molecule has 0 radical (unpaired) electrons. The molecule has 2 aliphatic heterocycles. The number of pyridine rings is 1. The Morgan fingerprint density at radius 1 is 1.29 bits per heavy atom. The van der Waals surface area contributed by atoms with Gasteiger partial charge in [0.2, 0.25) is 0 Å². The summed E-state index contributed by atoms with van der Waals surface area (Å²) in [4.78, 5) is 23.6. The van der Waals surface area contributed by atoms with Gasteiger partial charge in [0.1, 0.15) is 17.3 Å². The second kappa shape index (κ2) is 9.26. The molecule has 0 unspecified atom stereocenters. The molecule has 0 spiro atoms. The van der Waals surface area contributed by atoms with Crippen LogP contribution in [0.15, 0.2) is 47.6 Å². The largest absolute Gasteiger partial charge is 0.373 e. The monoisotopic (exact) mass is 422 g/mol. The SMILES string of the molecule is CNc1cc(C2=CCC(C(=O)Nc3cccc(F)c3N3CCC(CN)CC3)=N2)ccn1. The van der Waals surface area contributed by atoms with Gasteiger partial charge in [0.25, 0.3) is 5.91 Å². The molecule has 8 heteroatoms. The van der Waals surface area contributed by atoms with E-state index in [0.29, 0.717) is 49.1 Å². The lowest BCUT2D eigenvalue weighted by Crippen LogP contribution is -2.37. The third-order valence-electron chi connectivity index (χ3n) is 5.82. The maximum atomic E-state index is 14.7. The Morgan fingerprint density at radius 2 is 2.10 bits per heavy atom. The lowest BCUT2D eigenvalue weighted by atomic mass is 9.96. The highest BCUT2D eigenvalue weighted by molar-refractivity contribution is 6.45. The first-order valence-electron chi connectivity index (χ1n) is 10.6. The minimum Gasteiger partial charge on any atom is -0.373 e. The second-order valence-electron chi connectivity index (χ2n) is 7.79. The number of nitrogens with two attached hydrogens (primary N) is 1. The first kappa shape index (κ1) is 21.0. The van der Waals surface area contributed by atoms with Gasteiger partial charge in [-0.05, 0) is 49.6 Å². The van der Waals surface area contributed by atoms with Gasteiger partial charge in [-0.3, -0.25) is 4.79 Å². The Labute approximate surface area is 181 Å². The third-order valence-corrected chi connectivity index (χ3v) is 5.82. The van der Waals surface area contributed by atoms with Crippen molar-refractivity contribution in [2.75, 3.05) is 42.2 Å². The molecule has 0 saturated carbocycles. The van der Waals surface area contributed by atoms with Crippen molar-refractivity contribution in [2.24, 2.45) is 16.6 Å². The van der Waals surface area contributed by atoms with Crippen LogP contribution >= 0.6 is 0 Å². The summed E-state index contributed by atoms with van der Waals surface area (Å²) in [5.41, 5.74) is 8.69. The summed E-state index contributed by atoms with van der Waals surface area (Å²) in [6, 6.07) is 8.50. The standard InChI is InChI=1S/C23H27FN6O/c1-26-21-13-16(7-10-27-21)18-5-6-20(28-18)23(31)29-19-4-2-3-17(24)22(19)30-11-8-15(14-25)9-12-30/h2-5,7,10,13,15H,6,8-9,11-12,14,25H2,1H3,(H,26,27)(H,29,31). The fourth-order valence-electron chi connectivity index (χ4n) is 4.01. The van der Waals surface area contributed by atoms with Gasteiger partial charge in [-0.2, -0.15) is 0 Å². The molecule has 4 N–H and O–H groups in total. The van der Waals surface area contributed by atoms with E-state index >= 15 is 0 Å². The van der Waals surface area contributed by atoms with Crippen LogP contribution in [0.2, 0.25) is 0 Å². The molecule has 1 fully saturated rings. The van der Waals surface area contributed by atoms with Crippen molar-refractivity contribution in [1.82, 2.24) is 4.98 Å². The molecule has 0 bridgehead atoms. The highest BCUT2D eigenvalue weighted by atomic mass is 19.1. The Morgan fingerprint density at radius 3 is 2.84 bits per heavy atom. The number of carbonyl (C=O) groups is 1. The van der Waals surface area contributed by atoms with Gasteiger partial charge in [-0.1, -0.05) is 12.1 Å². The molecule has 0 atom stereocenters. The number of hydrogen-bond acceptors (Lipinski definition) is 6. The Bertz CT molecular complexity index is 1030. The molecule has 4 rings (SSSR count). The number of piperidine rings is 1. The predicted octanol–water partition coefficient (Wildman–Crippen LogP) is 3.26. The average Bonchev–Trinajstić information content (AvgIpc) is 3.30. The van der Waals surface area contributed by atoms with E-state index in [0.717, 1.165) is 29.9 Å². The predicted molar refractivity (Wildman–Crippen MR) is 123 cm³/mol. The van der Waals surface area contributed by atoms with E-state index in [4.69, 9.17) is 5.73 Å². The average molecular weight is 423 g/mol. The fourth-order valence-corrected chi connectivity index (χ4v) is 4.01. The quantitative estimate of drug-likeness (QED) is 0.664. The van der Waals surface area contributed by atoms with E-state index in [9.17, 15) is 9.18 Å². The number of amides is 1. The molecule has 2 aromatic rings. The first-order chi connectivity index (χ1) is 15.1. The van der Waals surface area contributed by atoms with Crippen LogP contribution in [0.3, 0.4) is 0 Å². The number of anilines is 3. The van der Waals surface area contributed by atoms with Gasteiger partial charge < -0.3 is 21.3 Å². The molecule has 3 heterocycles. The zero-order chi connectivity index (χ0) is 21.8. The summed E-state index contributed by atoms with van der Waals surface area (Å²) >= 11 is 0. The van der Waals surface area contributed by atoms with Gasteiger partial charge in [0, 0.05) is 38.3 Å². The zero-order valence-electron chi connectivity index (χ0n) is 17.6. The third kappa shape index (κ3) is 4.59. The van der Waals surface area contributed by atoms with Crippen molar-refractivity contribution in [3.05, 3.63) is 54.0 Å². The van der Waals surface area contributed by atoms with Crippen molar-refractivity contribution in [3.63, 3.8) is 0 Å². The number of nitrogens with one attached hydrogen (secondary N) is 2. The van der Waals surface area contributed by atoms with Crippen molar-refractivity contribution in [1.29, 1.82) is 0 Å². The number of carbonyl (C=O) groups excluding carboxylic acids is 1. The molecule has 0 aliphatic carbocycles. The normalized spacial score (nSPS) is 16.7. The Balaban J connectivity index is 1.50. The van der Waals surface area contributed by atoms with Crippen LogP contribution < -0.4 is 21.3 Å². The van der Waals surface area contributed by atoms with Crippen molar-refractivity contribution in [3.8, 4) is 0 Å². The molecule has 1 saturated heterocycles. The number of nitrogens with zero attached hydrogens (tertiary/aromatic N) is 3. The van der Waals surface area contributed by atoms with E-state index in [-0.39, 0.29) is 11.7 Å². The van der Waals surface area contributed by atoms with Crippen LogP contribution in [0, 0.1) is 11.7 Å². The Hall–Kier alpha value is -3.26. The molecular formula is C23H27FN6O. The van der Waals surface area contributed by atoms with E-state index in [1.165, 1.54) is 6.07 Å². The van der Waals surface area contributed by atoms with Crippen LogP contribution in [0.4, 0.5) is 21.6 Å². The summed E-state index contributed by atoms with van der Waals surface area (Å²) in [5.74, 6) is 0.537. The Kier molecular flexibility index (Phi) is 6.27. The van der Waals surface area contributed by atoms with Gasteiger partial charge in [-0.15, -0.1) is 0 Å². The van der Waals surface area contributed by atoms with Crippen molar-refractivity contribution in [2.45, 2.75) is 19.3 Å². The molecule has 7 nitrogen and oxygen atoms in total. The maximum Gasteiger partial charge on any atom is 0.270 e. The fraction of sp³-hybridized carbons (Fsp3) is 0.348. The molecule has 31 heavy (non-hydrogen) atoms. The number of benzene rings is 1. The van der Waals surface area contributed by atoms with Crippen LogP contribution in [-0.2, 0) is 4.79 Å². The van der Waals surface area contributed by atoms with Crippen molar-refractivity contribution >= 4 is 34.5 Å². The number of hydrogen-bond donors (Lipinski definition) is 3. The summed E-state index contributed by atoms with van der Waals surface area (Å²) in [6.07, 6.45) is 5.86. The number of aliphatic imine (C=N–C) groups is 1. The van der Waals surface area contributed by atoms with Crippen LogP contribution in [-0.4, -0.2) is 43.3 Å².